The van der Waals surface area contributed by atoms with Crippen LogP contribution in [0.2, 0.25) is 0 Å². The van der Waals surface area contributed by atoms with E-state index in [-0.39, 0.29) is 5.91 Å². The highest BCUT2D eigenvalue weighted by atomic mass is 16.5. The van der Waals surface area contributed by atoms with Gasteiger partial charge in [0.1, 0.15) is 6.04 Å². The second kappa shape index (κ2) is 6.93. The van der Waals surface area contributed by atoms with Crippen LogP contribution in [0.5, 0.6) is 11.5 Å². The van der Waals surface area contributed by atoms with Crippen molar-refractivity contribution in [1.82, 2.24) is 4.90 Å². The minimum absolute atomic E-state index is 0.329. The molecule has 0 aromatic heterocycles. The van der Waals surface area contributed by atoms with Crippen LogP contribution in [0.4, 0.5) is 0 Å². The number of nitrogens with two attached hydrogens (primary N) is 1. The van der Waals surface area contributed by atoms with Gasteiger partial charge < -0.3 is 15.2 Å². The summed E-state index contributed by atoms with van der Waals surface area (Å²) in [4.78, 5) is 14.2. The summed E-state index contributed by atoms with van der Waals surface area (Å²) in [6.45, 7) is 1.42. The maximum Gasteiger partial charge on any atom is 0.239 e. The summed E-state index contributed by atoms with van der Waals surface area (Å²) in [7, 11) is 3.26. The quantitative estimate of drug-likeness (QED) is 0.915. The van der Waals surface area contributed by atoms with Gasteiger partial charge in [0, 0.05) is 13.1 Å². The molecule has 126 valence electrons. The number of ether oxygens (including phenoxy) is 2. The van der Waals surface area contributed by atoms with Crippen LogP contribution >= 0.6 is 0 Å². The molecule has 0 bridgehead atoms. The van der Waals surface area contributed by atoms with Gasteiger partial charge in [0.2, 0.25) is 5.91 Å². The molecule has 0 radical (unpaired) electrons. The Labute approximate surface area is 142 Å². The lowest BCUT2D eigenvalue weighted by atomic mass is 9.95. The van der Waals surface area contributed by atoms with Crippen molar-refractivity contribution in [3.63, 3.8) is 0 Å². The lowest BCUT2D eigenvalue weighted by Gasteiger charge is -2.34. The van der Waals surface area contributed by atoms with E-state index in [1.54, 1.807) is 14.2 Å². The van der Waals surface area contributed by atoms with Crippen LogP contribution in [0.15, 0.2) is 42.5 Å². The van der Waals surface area contributed by atoms with E-state index < -0.39 is 6.04 Å². The number of fused-ring (bicyclic) bond motifs is 1. The zero-order valence-electron chi connectivity index (χ0n) is 14.0. The molecule has 2 aromatic carbocycles. The average molecular weight is 326 g/mol. The topological polar surface area (TPSA) is 64.8 Å². The van der Waals surface area contributed by atoms with Gasteiger partial charge in [0.05, 0.1) is 14.2 Å². The monoisotopic (exact) mass is 326 g/mol. The van der Waals surface area contributed by atoms with Crippen molar-refractivity contribution < 1.29 is 14.3 Å². The summed E-state index contributed by atoms with van der Waals surface area (Å²) < 4.78 is 10.8. The van der Waals surface area contributed by atoms with Gasteiger partial charge in [-0.2, -0.15) is 0 Å². The SMILES string of the molecule is COc1cc2c(cc1OC)CN([C@@H](C(N)=O)c1ccccc1)CC2. The van der Waals surface area contributed by atoms with Crippen molar-refractivity contribution in [2.45, 2.75) is 19.0 Å². The van der Waals surface area contributed by atoms with Crippen LogP contribution in [-0.2, 0) is 17.8 Å². The van der Waals surface area contributed by atoms with Gasteiger partial charge in [-0.3, -0.25) is 9.69 Å². The predicted octanol–water partition coefficient (Wildman–Crippen LogP) is 2.29. The van der Waals surface area contributed by atoms with Crippen LogP contribution in [-0.4, -0.2) is 31.6 Å². The molecule has 0 spiro atoms. The largest absolute Gasteiger partial charge is 0.493 e. The van der Waals surface area contributed by atoms with Gasteiger partial charge in [0.15, 0.2) is 11.5 Å². The summed E-state index contributed by atoms with van der Waals surface area (Å²) in [5.41, 5.74) is 8.98. The highest BCUT2D eigenvalue weighted by molar-refractivity contribution is 5.81. The fourth-order valence-corrected chi connectivity index (χ4v) is 3.32. The van der Waals surface area contributed by atoms with Gasteiger partial charge in [-0.15, -0.1) is 0 Å². The molecule has 0 unspecified atom stereocenters. The zero-order chi connectivity index (χ0) is 17.1. The van der Waals surface area contributed by atoms with E-state index >= 15 is 0 Å². The normalized spacial score (nSPS) is 15.4. The van der Waals surface area contributed by atoms with Crippen molar-refractivity contribution in [2.24, 2.45) is 5.73 Å². The number of benzene rings is 2. The van der Waals surface area contributed by atoms with Crippen molar-refractivity contribution in [3.05, 3.63) is 59.2 Å². The van der Waals surface area contributed by atoms with Crippen LogP contribution in [0.25, 0.3) is 0 Å². The third-order valence-corrected chi connectivity index (χ3v) is 4.50. The van der Waals surface area contributed by atoms with Crippen LogP contribution < -0.4 is 15.2 Å². The lowest BCUT2D eigenvalue weighted by molar-refractivity contribution is -0.123. The number of hydrogen-bond donors (Lipinski definition) is 1. The molecule has 0 saturated heterocycles. The fraction of sp³-hybridized carbons (Fsp3) is 0.316. The van der Waals surface area contributed by atoms with E-state index in [2.05, 4.69) is 4.90 Å². The number of hydrogen-bond acceptors (Lipinski definition) is 4. The average Bonchev–Trinajstić information content (AvgIpc) is 2.61. The van der Waals surface area contributed by atoms with E-state index in [4.69, 9.17) is 15.2 Å². The third-order valence-electron chi connectivity index (χ3n) is 4.50. The number of nitrogens with zero attached hydrogens (tertiary/aromatic N) is 1. The third kappa shape index (κ3) is 3.08. The molecular weight excluding hydrogens is 304 g/mol. The van der Waals surface area contributed by atoms with Crippen molar-refractivity contribution in [3.8, 4) is 11.5 Å². The van der Waals surface area contributed by atoms with Crippen LogP contribution in [0.1, 0.15) is 22.7 Å². The Bertz CT molecular complexity index is 731. The smallest absolute Gasteiger partial charge is 0.239 e. The van der Waals surface area contributed by atoms with Crippen molar-refractivity contribution >= 4 is 5.91 Å². The fourth-order valence-electron chi connectivity index (χ4n) is 3.32. The first-order valence-electron chi connectivity index (χ1n) is 7.96. The molecule has 1 heterocycles. The molecular formula is C19H22N2O3. The molecule has 0 saturated carbocycles. The van der Waals surface area contributed by atoms with Gasteiger partial charge in [-0.05, 0) is 35.2 Å². The molecule has 2 aromatic rings. The number of methoxy groups -OCH3 is 2. The van der Waals surface area contributed by atoms with E-state index in [1.807, 2.05) is 42.5 Å². The highest BCUT2D eigenvalue weighted by Crippen LogP contribution is 2.35. The highest BCUT2D eigenvalue weighted by Gasteiger charge is 2.29. The molecule has 3 rings (SSSR count). The van der Waals surface area contributed by atoms with Gasteiger partial charge in [-0.1, -0.05) is 30.3 Å². The second-order valence-corrected chi connectivity index (χ2v) is 5.91. The Morgan fingerprint density at radius 3 is 2.29 bits per heavy atom. The zero-order valence-corrected chi connectivity index (χ0v) is 14.0. The Hall–Kier alpha value is -2.53. The molecule has 1 aliphatic heterocycles. The molecule has 1 aliphatic rings. The molecule has 24 heavy (non-hydrogen) atoms. The summed E-state index contributed by atoms with van der Waals surface area (Å²) in [6, 6.07) is 13.3. The molecule has 1 amide bonds. The Morgan fingerprint density at radius 1 is 1.08 bits per heavy atom. The first-order valence-corrected chi connectivity index (χ1v) is 7.96. The van der Waals surface area contributed by atoms with E-state index in [1.165, 1.54) is 5.56 Å². The first-order chi connectivity index (χ1) is 11.6. The maximum absolute atomic E-state index is 12.1. The van der Waals surface area contributed by atoms with Crippen LogP contribution in [0, 0.1) is 0 Å². The molecule has 1 atom stereocenters. The van der Waals surface area contributed by atoms with Crippen molar-refractivity contribution in [2.75, 3.05) is 20.8 Å². The molecule has 5 heteroatoms. The van der Waals surface area contributed by atoms with E-state index in [0.29, 0.717) is 12.3 Å². The van der Waals surface area contributed by atoms with E-state index in [9.17, 15) is 4.79 Å². The molecule has 0 aliphatic carbocycles. The molecule has 0 fully saturated rings. The second-order valence-electron chi connectivity index (χ2n) is 5.91. The Kier molecular flexibility index (Phi) is 4.71. The standard InChI is InChI=1S/C19H22N2O3/c1-23-16-10-14-8-9-21(12-15(14)11-17(16)24-2)18(19(20)22)13-6-4-3-5-7-13/h3-7,10-11,18H,8-9,12H2,1-2H3,(H2,20,22)/t18-/m1/s1. The number of carbonyl (C=O) groups is 1. The number of carbonyl (C=O) groups excluding carboxylic acids is 1. The minimum Gasteiger partial charge on any atom is -0.493 e. The van der Waals surface area contributed by atoms with Crippen LogP contribution in [0.3, 0.4) is 0 Å². The maximum atomic E-state index is 12.1. The number of primary amides is 1. The van der Waals surface area contributed by atoms with Gasteiger partial charge >= 0.3 is 0 Å². The van der Waals surface area contributed by atoms with Gasteiger partial charge in [0.25, 0.3) is 0 Å². The van der Waals surface area contributed by atoms with Crippen molar-refractivity contribution in [1.29, 1.82) is 0 Å². The minimum atomic E-state index is -0.424. The Morgan fingerprint density at radius 2 is 1.71 bits per heavy atom. The van der Waals surface area contributed by atoms with Gasteiger partial charge in [-0.25, -0.2) is 0 Å². The molecule has 5 nitrogen and oxygen atoms in total. The lowest BCUT2D eigenvalue weighted by Crippen LogP contribution is -2.40. The first kappa shape index (κ1) is 16.3. The van der Waals surface area contributed by atoms with E-state index in [0.717, 1.165) is 29.8 Å². The summed E-state index contributed by atoms with van der Waals surface area (Å²) >= 11 is 0. The summed E-state index contributed by atoms with van der Waals surface area (Å²) in [6.07, 6.45) is 0.840. The number of rotatable bonds is 5. The summed E-state index contributed by atoms with van der Waals surface area (Å²) in [5, 5.41) is 0. The predicted molar refractivity (Wildman–Crippen MR) is 92.0 cm³/mol. The summed E-state index contributed by atoms with van der Waals surface area (Å²) in [5.74, 6) is 1.11. The Balaban J connectivity index is 1.92. The number of amides is 1. The molecule has 2 N–H and O–H groups in total.